The van der Waals surface area contributed by atoms with E-state index in [1.54, 1.807) is 4.90 Å². The molecule has 2 amide bonds. The first kappa shape index (κ1) is 18.7. The molecule has 1 unspecified atom stereocenters. The molecule has 2 aliphatic heterocycles. The normalized spacial score (nSPS) is 18.4. The second-order valence-corrected chi connectivity index (χ2v) is 7.69. The van der Waals surface area contributed by atoms with Crippen LogP contribution in [0.15, 0.2) is 36.7 Å². The number of benzene rings is 1. The molecule has 0 saturated carbocycles. The molecule has 1 aromatic heterocycles. The van der Waals surface area contributed by atoms with E-state index in [0.717, 1.165) is 49.4 Å². The summed E-state index contributed by atoms with van der Waals surface area (Å²) in [6.07, 6.45) is 6.37. The maximum Gasteiger partial charge on any atom is 0.255 e. The first-order chi connectivity index (χ1) is 13.6. The quantitative estimate of drug-likeness (QED) is 0.801. The highest BCUT2D eigenvalue weighted by Gasteiger charge is 2.38. The molecule has 0 N–H and O–H groups in total. The van der Waals surface area contributed by atoms with Crippen molar-refractivity contribution in [3.63, 3.8) is 0 Å². The van der Waals surface area contributed by atoms with Crippen LogP contribution >= 0.6 is 0 Å². The summed E-state index contributed by atoms with van der Waals surface area (Å²) < 4.78 is 2.19. The SMILES string of the molecule is CCC(C(=O)N1CCC(c2nccn2CC)CC1)N1Cc2ccccc2C1=O. The van der Waals surface area contributed by atoms with Crippen molar-refractivity contribution in [2.45, 2.75) is 58.2 Å². The summed E-state index contributed by atoms with van der Waals surface area (Å²) in [6, 6.07) is 7.29. The third-order valence-corrected chi connectivity index (χ3v) is 6.16. The van der Waals surface area contributed by atoms with Gasteiger partial charge in [0.1, 0.15) is 11.9 Å². The van der Waals surface area contributed by atoms with Gasteiger partial charge in [-0.05, 0) is 37.8 Å². The third kappa shape index (κ3) is 3.21. The molecule has 2 aromatic rings. The molecule has 1 aromatic carbocycles. The predicted octanol–water partition coefficient (Wildman–Crippen LogP) is 3.04. The van der Waals surface area contributed by atoms with E-state index >= 15 is 0 Å². The predicted molar refractivity (Wildman–Crippen MR) is 107 cm³/mol. The number of carbonyl (C=O) groups excluding carboxylic acids is 2. The summed E-state index contributed by atoms with van der Waals surface area (Å²) in [7, 11) is 0. The Labute approximate surface area is 166 Å². The Balaban J connectivity index is 1.42. The van der Waals surface area contributed by atoms with E-state index in [1.165, 1.54) is 0 Å². The minimum atomic E-state index is -0.380. The number of aryl methyl sites for hydroxylation is 1. The van der Waals surface area contributed by atoms with Gasteiger partial charge < -0.3 is 14.4 Å². The lowest BCUT2D eigenvalue weighted by Crippen LogP contribution is -2.50. The lowest BCUT2D eigenvalue weighted by Gasteiger charge is -2.36. The van der Waals surface area contributed by atoms with Crippen LogP contribution in [0, 0.1) is 0 Å². The zero-order chi connectivity index (χ0) is 19.7. The Kier molecular flexibility index (Phi) is 5.20. The van der Waals surface area contributed by atoms with Gasteiger partial charge in [-0.1, -0.05) is 25.1 Å². The van der Waals surface area contributed by atoms with Gasteiger partial charge in [0, 0.05) is 50.1 Å². The van der Waals surface area contributed by atoms with Crippen molar-refractivity contribution in [3.8, 4) is 0 Å². The van der Waals surface area contributed by atoms with E-state index in [4.69, 9.17) is 0 Å². The minimum Gasteiger partial charge on any atom is -0.341 e. The van der Waals surface area contributed by atoms with Gasteiger partial charge >= 0.3 is 0 Å². The number of piperidine rings is 1. The second-order valence-electron chi connectivity index (χ2n) is 7.69. The molecule has 1 saturated heterocycles. The number of carbonyl (C=O) groups is 2. The number of nitrogens with zero attached hydrogens (tertiary/aromatic N) is 4. The molecule has 2 aliphatic rings. The average Bonchev–Trinajstić information content (AvgIpc) is 3.34. The standard InChI is InChI=1S/C22H28N4O2/c1-3-19(26-15-17-7-5-6-8-18(17)21(26)27)22(28)25-12-9-16(10-13-25)20-23-11-14-24(20)4-2/h5-8,11,14,16,19H,3-4,9-10,12-13,15H2,1-2H3. The van der Waals surface area contributed by atoms with Gasteiger partial charge in [-0.15, -0.1) is 0 Å². The zero-order valence-corrected chi connectivity index (χ0v) is 16.7. The van der Waals surface area contributed by atoms with Gasteiger partial charge in [0.05, 0.1) is 0 Å². The van der Waals surface area contributed by atoms with Crippen LogP contribution in [0.4, 0.5) is 0 Å². The summed E-state index contributed by atoms with van der Waals surface area (Å²) >= 11 is 0. The number of aromatic nitrogens is 2. The smallest absolute Gasteiger partial charge is 0.255 e. The zero-order valence-electron chi connectivity index (χ0n) is 16.7. The van der Waals surface area contributed by atoms with Crippen LogP contribution in [0.5, 0.6) is 0 Å². The number of rotatable bonds is 5. The Morgan fingerprint density at radius 1 is 1.21 bits per heavy atom. The Hall–Kier alpha value is -2.63. The fourth-order valence-electron chi connectivity index (χ4n) is 4.57. The molecule has 0 radical (unpaired) electrons. The van der Waals surface area contributed by atoms with Crippen LogP contribution in [0.25, 0.3) is 0 Å². The van der Waals surface area contributed by atoms with Gasteiger partial charge in [-0.2, -0.15) is 0 Å². The van der Waals surface area contributed by atoms with Crippen LogP contribution in [-0.2, 0) is 17.9 Å². The van der Waals surface area contributed by atoms with Gasteiger partial charge in [-0.3, -0.25) is 9.59 Å². The molecular weight excluding hydrogens is 352 g/mol. The van der Waals surface area contributed by atoms with Crippen LogP contribution in [-0.4, -0.2) is 50.3 Å². The topological polar surface area (TPSA) is 58.4 Å². The molecule has 0 spiro atoms. The molecule has 0 bridgehead atoms. The van der Waals surface area contributed by atoms with Crippen molar-refractivity contribution >= 4 is 11.8 Å². The molecule has 0 aliphatic carbocycles. The molecule has 28 heavy (non-hydrogen) atoms. The fourth-order valence-corrected chi connectivity index (χ4v) is 4.57. The summed E-state index contributed by atoms with van der Waals surface area (Å²) in [5.41, 5.74) is 1.75. The molecule has 6 heteroatoms. The highest BCUT2D eigenvalue weighted by atomic mass is 16.2. The van der Waals surface area contributed by atoms with E-state index in [1.807, 2.05) is 48.5 Å². The van der Waals surface area contributed by atoms with Gasteiger partial charge in [0.15, 0.2) is 0 Å². The highest BCUT2D eigenvalue weighted by molar-refractivity contribution is 6.01. The van der Waals surface area contributed by atoms with Crippen molar-refractivity contribution in [3.05, 3.63) is 53.6 Å². The van der Waals surface area contributed by atoms with Crippen molar-refractivity contribution in [2.24, 2.45) is 0 Å². The van der Waals surface area contributed by atoms with E-state index < -0.39 is 0 Å². The van der Waals surface area contributed by atoms with Crippen LogP contribution in [0.1, 0.15) is 60.8 Å². The molecule has 1 fully saturated rings. The average molecular weight is 380 g/mol. The maximum atomic E-state index is 13.2. The number of hydrogen-bond acceptors (Lipinski definition) is 3. The van der Waals surface area contributed by atoms with Crippen molar-refractivity contribution in [1.82, 2.24) is 19.4 Å². The van der Waals surface area contributed by atoms with Gasteiger partial charge in [0.2, 0.25) is 5.91 Å². The highest BCUT2D eigenvalue weighted by Crippen LogP contribution is 2.30. The van der Waals surface area contributed by atoms with Gasteiger partial charge in [-0.25, -0.2) is 4.98 Å². The first-order valence-corrected chi connectivity index (χ1v) is 10.3. The number of likely N-dealkylation sites (tertiary alicyclic amines) is 1. The van der Waals surface area contributed by atoms with Crippen molar-refractivity contribution in [1.29, 1.82) is 0 Å². The molecule has 4 rings (SSSR count). The maximum absolute atomic E-state index is 13.2. The fraction of sp³-hybridized carbons (Fsp3) is 0.500. The largest absolute Gasteiger partial charge is 0.341 e. The molecule has 3 heterocycles. The lowest BCUT2D eigenvalue weighted by atomic mass is 9.95. The minimum absolute atomic E-state index is 0.0179. The van der Waals surface area contributed by atoms with Crippen LogP contribution in [0.2, 0.25) is 0 Å². The summed E-state index contributed by atoms with van der Waals surface area (Å²) in [6.45, 7) is 7.02. The van der Waals surface area contributed by atoms with Crippen molar-refractivity contribution in [2.75, 3.05) is 13.1 Å². The Bertz CT molecular complexity index is 867. The lowest BCUT2D eigenvalue weighted by molar-refractivity contribution is -0.137. The van der Waals surface area contributed by atoms with E-state index in [9.17, 15) is 9.59 Å². The number of imidazole rings is 1. The molecular formula is C22H28N4O2. The monoisotopic (exact) mass is 380 g/mol. The molecule has 6 nitrogen and oxygen atoms in total. The first-order valence-electron chi connectivity index (χ1n) is 10.3. The number of hydrogen-bond donors (Lipinski definition) is 0. The van der Waals surface area contributed by atoms with E-state index in [2.05, 4.69) is 16.5 Å². The second kappa shape index (κ2) is 7.78. The van der Waals surface area contributed by atoms with Crippen LogP contribution in [0.3, 0.4) is 0 Å². The van der Waals surface area contributed by atoms with Gasteiger partial charge in [0.25, 0.3) is 5.91 Å². The summed E-state index contributed by atoms with van der Waals surface area (Å²) in [4.78, 5) is 34.3. The Morgan fingerprint density at radius 3 is 2.64 bits per heavy atom. The van der Waals surface area contributed by atoms with E-state index in [0.29, 0.717) is 18.9 Å². The molecule has 1 atom stereocenters. The van der Waals surface area contributed by atoms with Crippen LogP contribution < -0.4 is 0 Å². The number of amides is 2. The Morgan fingerprint density at radius 2 is 1.96 bits per heavy atom. The number of fused-ring (bicyclic) bond motifs is 1. The summed E-state index contributed by atoms with van der Waals surface area (Å²) in [5.74, 6) is 1.60. The third-order valence-electron chi connectivity index (χ3n) is 6.16. The van der Waals surface area contributed by atoms with Crippen molar-refractivity contribution < 1.29 is 9.59 Å². The molecule has 148 valence electrons. The van der Waals surface area contributed by atoms with E-state index in [-0.39, 0.29) is 17.9 Å². The summed E-state index contributed by atoms with van der Waals surface area (Å²) in [5, 5.41) is 0.